The lowest BCUT2D eigenvalue weighted by Crippen LogP contribution is -1.94. The average molecular weight is 655 g/mol. The van der Waals surface area contributed by atoms with E-state index in [0.29, 0.717) is 11.3 Å². The van der Waals surface area contributed by atoms with E-state index >= 15 is 0 Å². The van der Waals surface area contributed by atoms with Crippen LogP contribution >= 0.6 is 0 Å². The van der Waals surface area contributed by atoms with Gasteiger partial charge in [-0.05, 0) is 93.9 Å². The maximum atomic E-state index is 10.00. The van der Waals surface area contributed by atoms with Gasteiger partial charge in [0.05, 0.1) is 46.7 Å². The fourth-order valence-corrected chi connectivity index (χ4v) is 6.52. The monoisotopic (exact) mass is 654 g/mol. The van der Waals surface area contributed by atoms with Crippen molar-refractivity contribution < 1.29 is 24.7 Å². The van der Waals surface area contributed by atoms with Gasteiger partial charge in [-0.25, -0.2) is 0 Å². The Balaban J connectivity index is 1.34. The molecule has 50 heavy (non-hydrogen) atoms. The fraction of sp³-hybridized carbons (Fsp3) is 0. The van der Waals surface area contributed by atoms with Crippen molar-refractivity contribution in [3.05, 3.63) is 194 Å². The van der Waals surface area contributed by atoms with E-state index < -0.39 is 108 Å². The third kappa shape index (κ3) is 4.50. The molecule has 10 rings (SSSR count). The molecule has 2 heterocycles. The van der Waals surface area contributed by atoms with Crippen LogP contribution in [-0.2, 0) is 0 Å². The van der Waals surface area contributed by atoms with Crippen LogP contribution in [0.25, 0.3) is 88.4 Å². The van der Waals surface area contributed by atoms with Gasteiger partial charge in [-0.1, -0.05) is 133 Å². The van der Waals surface area contributed by atoms with Gasteiger partial charge in [0.2, 0.25) is 0 Å². The molecule has 0 aliphatic heterocycles. The van der Waals surface area contributed by atoms with Crippen molar-refractivity contribution in [3.63, 3.8) is 0 Å². The summed E-state index contributed by atoms with van der Waals surface area (Å²) in [6, 6.07) is 13.4. The number of hydrogen-bond donors (Lipinski definition) is 0. The molecule has 10 aromatic rings. The van der Waals surface area contributed by atoms with Gasteiger partial charge in [0.1, 0.15) is 0 Å². The minimum absolute atomic E-state index is 0.0105. The van der Waals surface area contributed by atoms with Crippen molar-refractivity contribution >= 4 is 43.6 Å². The maximum absolute atomic E-state index is 10.00. The zero-order valence-electron chi connectivity index (χ0n) is 44.0. The Kier molecular flexibility index (Phi) is 3.62. The third-order valence-corrected chi connectivity index (χ3v) is 8.74. The molecular formula is C48H32N2. The molecule has 0 saturated carbocycles. The van der Waals surface area contributed by atoms with Crippen molar-refractivity contribution in [3.8, 4) is 44.8 Å². The molecule has 0 fully saturated rings. The van der Waals surface area contributed by atoms with E-state index in [1.54, 1.807) is 60.7 Å². The van der Waals surface area contributed by atoms with Crippen LogP contribution in [0, 0.1) is 0 Å². The Morgan fingerprint density at radius 3 is 1.68 bits per heavy atom. The first kappa shape index (κ1) is 15.7. The molecule has 0 unspecified atom stereocenters. The first-order valence-corrected chi connectivity index (χ1v) is 15.7. The van der Waals surface area contributed by atoms with Gasteiger partial charge in [0.15, 0.2) is 0 Å². The molecule has 0 amide bonds. The van der Waals surface area contributed by atoms with Crippen LogP contribution in [0.15, 0.2) is 194 Å². The molecule has 8 aromatic carbocycles. The number of aromatic nitrogens is 2. The fourth-order valence-electron chi connectivity index (χ4n) is 6.52. The summed E-state index contributed by atoms with van der Waals surface area (Å²) in [4.78, 5) is 0. The van der Waals surface area contributed by atoms with E-state index in [0.717, 1.165) is 0 Å². The Morgan fingerprint density at radius 1 is 0.340 bits per heavy atom. The van der Waals surface area contributed by atoms with Crippen LogP contribution in [0.2, 0.25) is 0 Å². The molecule has 0 N–H and O–H groups in total. The van der Waals surface area contributed by atoms with E-state index in [1.165, 1.54) is 33.4 Å². The van der Waals surface area contributed by atoms with E-state index in [1.807, 2.05) is 0 Å². The van der Waals surface area contributed by atoms with Gasteiger partial charge in [-0.3, -0.25) is 0 Å². The lowest BCUT2D eigenvalue weighted by atomic mass is 9.97. The molecule has 0 saturated heterocycles. The summed E-state index contributed by atoms with van der Waals surface area (Å²) in [7, 11) is 0. The number of fused-ring (bicyclic) bond motifs is 6. The number of rotatable bonds is 5. The van der Waals surface area contributed by atoms with Crippen molar-refractivity contribution in [1.82, 2.24) is 9.13 Å². The molecule has 0 bridgehead atoms. The minimum atomic E-state index is -0.677. The molecular weight excluding hydrogens is 605 g/mol. The summed E-state index contributed by atoms with van der Waals surface area (Å²) in [5.41, 5.74) is 0.174. The van der Waals surface area contributed by atoms with E-state index in [4.69, 9.17) is 13.7 Å². The van der Waals surface area contributed by atoms with Crippen molar-refractivity contribution in [2.75, 3.05) is 0 Å². The topological polar surface area (TPSA) is 9.86 Å². The highest BCUT2D eigenvalue weighted by Gasteiger charge is 2.18. The van der Waals surface area contributed by atoms with Gasteiger partial charge in [0, 0.05) is 32.9 Å². The summed E-state index contributed by atoms with van der Waals surface area (Å²) >= 11 is 0. The predicted octanol–water partition coefficient (Wildman–Crippen LogP) is 12.9. The molecule has 2 nitrogen and oxygen atoms in total. The average Bonchev–Trinajstić information content (AvgIpc) is 3.89. The first-order valence-electron chi connectivity index (χ1n) is 24.7. The number of benzene rings is 8. The van der Waals surface area contributed by atoms with E-state index in [2.05, 4.69) is 0 Å². The van der Waals surface area contributed by atoms with Gasteiger partial charge >= 0.3 is 0 Å². The number of para-hydroxylation sites is 2. The van der Waals surface area contributed by atoms with Crippen LogP contribution in [0.1, 0.15) is 24.7 Å². The van der Waals surface area contributed by atoms with Crippen LogP contribution in [0.4, 0.5) is 0 Å². The Morgan fingerprint density at radius 2 is 0.920 bits per heavy atom. The molecule has 0 aliphatic carbocycles. The number of nitrogens with zero attached hydrogens (tertiary/aromatic N) is 2. The molecule has 2 heteroatoms. The Hall–Kier alpha value is -6.64. The normalized spacial score (nSPS) is 16.6. The van der Waals surface area contributed by atoms with E-state index in [-0.39, 0.29) is 78.1 Å². The lowest BCUT2D eigenvalue weighted by Gasteiger charge is -2.10. The lowest BCUT2D eigenvalue weighted by molar-refractivity contribution is 1.18. The second-order valence-electron chi connectivity index (χ2n) is 11.6. The molecule has 0 atom stereocenters. The molecule has 2 aromatic heterocycles. The summed E-state index contributed by atoms with van der Waals surface area (Å²) in [5, 5.41) is -0.308. The zero-order valence-corrected chi connectivity index (χ0v) is 26.0. The largest absolute Gasteiger partial charge is 0.309 e. The number of hydrogen-bond acceptors (Lipinski definition) is 0. The smallest absolute Gasteiger partial charge is 0.0645 e. The second-order valence-corrected chi connectivity index (χ2v) is 11.6. The van der Waals surface area contributed by atoms with Crippen molar-refractivity contribution in [2.24, 2.45) is 0 Å². The summed E-state index contributed by atoms with van der Waals surface area (Å²) in [6.07, 6.45) is 0. The maximum Gasteiger partial charge on any atom is 0.0645 e. The van der Waals surface area contributed by atoms with Gasteiger partial charge in [-0.15, -0.1) is 0 Å². The second kappa shape index (κ2) is 11.5. The summed E-state index contributed by atoms with van der Waals surface area (Å²) in [6.45, 7) is 0. The molecule has 234 valence electrons. The van der Waals surface area contributed by atoms with Gasteiger partial charge < -0.3 is 9.13 Å². The molecule has 0 spiro atoms. The highest BCUT2D eigenvalue weighted by molar-refractivity contribution is 6.17. The molecule has 0 radical (unpaired) electrons. The minimum Gasteiger partial charge on any atom is -0.309 e. The van der Waals surface area contributed by atoms with Crippen molar-refractivity contribution in [1.29, 1.82) is 0 Å². The Labute approximate surface area is 316 Å². The third-order valence-electron chi connectivity index (χ3n) is 8.74. The summed E-state index contributed by atoms with van der Waals surface area (Å²) in [5.74, 6) is 0. The van der Waals surface area contributed by atoms with Crippen LogP contribution in [0.5, 0.6) is 0 Å². The van der Waals surface area contributed by atoms with Crippen LogP contribution in [0.3, 0.4) is 0 Å². The van der Waals surface area contributed by atoms with Gasteiger partial charge in [-0.2, -0.15) is 0 Å². The van der Waals surface area contributed by atoms with Gasteiger partial charge in [0.25, 0.3) is 0 Å². The molecule has 0 aliphatic rings. The Bertz CT molecular complexity index is 3830. The summed E-state index contributed by atoms with van der Waals surface area (Å²) < 4.78 is 165. The SMILES string of the molecule is [2H]c1c([2H])c([2H])c(-c2ccc(-n3c4c([2H])c([2H])c([2H])c([2H])c4c4c([2H])c(-c5c([2H])c([2H])c6c(c5[2H])c5c(-c7ccccc7)c([2H])c([2H])c([2H])c5n6-c5ccccc5)c([2H])c([2H])c43)cc2)c([2H])c1[2H]. The highest BCUT2D eigenvalue weighted by Crippen LogP contribution is 2.41. The zero-order chi connectivity index (χ0) is 48.7. The van der Waals surface area contributed by atoms with Crippen molar-refractivity contribution in [2.45, 2.75) is 0 Å². The first-order chi connectivity index (χ1) is 32.3. The highest BCUT2D eigenvalue weighted by atomic mass is 15.0. The predicted molar refractivity (Wildman–Crippen MR) is 211 cm³/mol. The van der Waals surface area contributed by atoms with E-state index in [9.17, 15) is 11.0 Å². The quantitative estimate of drug-likeness (QED) is 0.175. The standard InChI is InChI=1S/C48H32N2/c1-4-13-33(14-5-1)34-23-27-39(28-24-34)49-44-21-11-10-19-41(44)42-31-36(25-29-45(42)49)37-26-30-46-43(32-37)48-40(35-15-6-2-7-16-35)20-12-22-47(48)50(46)38-17-8-3-9-18-38/h1-32H/i1D,4D,5D,10D,11D,12D,13D,14D,19D,20D,21D,22D,25D,26D,29D,30D,31D,32D. The van der Waals surface area contributed by atoms with Crippen LogP contribution in [-0.4, -0.2) is 9.13 Å². The van der Waals surface area contributed by atoms with Crippen LogP contribution < -0.4 is 0 Å².